The van der Waals surface area contributed by atoms with Gasteiger partial charge in [-0.2, -0.15) is 0 Å². The van der Waals surface area contributed by atoms with Crippen molar-refractivity contribution in [1.29, 1.82) is 0 Å². The van der Waals surface area contributed by atoms with Crippen LogP contribution in [0.2, 0.25) is 0 Å². The van der Waals surface area contributed by atoms with Crippen LogP contribution in [0.25, 0.3) is 0 Å². The summed E-state index contributed by atoms with van der Waals surface area (Å²) in [6.45, 7) is 0.154. The van der Waals surface area contributed by atoms with Crippen molar-refractivity contribution in [2.75, 3.05) is 6.61 Å². The van der Waals surface area contributed by atoms with Crippen LogP contribution < -0.4 is 4.74 Å². The average Bonchev–Trinajstić information content (AvgIpc) is 2.89. The highest BCUT2D eigenvalue weighted by atomic mass is 16.5. The number of carboxylic acid groups (broad SMARTS) is 1. The highest BCUT2D eigenvalue weighted by Crippen LogP contribution is 2.28. The van der Waals surface area contributed by atoms with Crippen molar-refractivity contribution in [3.63, 3.8) is 0 Å². The van der Waals surface area contributed by atoms with E-state index in [-0.39, 0.29) is 12.2 Å². The second kappa shape index (κ2) is 6.57. The highest BCUT2D eigenvalue weighted by molar-refractivity contribution is 5.90. The van der Waals surface area contributed by atoms with Gasteiger partial charge in [-0.15, -0.1) is 0 Å². The summed E-state index contributed by atoms with van der Waals surface area (Å²) < 4.78 is 5.44. The maximum Gasteiger partial charge on any atom is 0.339 e. The zero-order chi connectivity index (χ0) is 13.7. The van der Waals surface area contributed by atoms with Crippen molar-refractivity contribution in [2.24, 2.45) is 5.92 Å². The molecule has 1 aromatic rings. The van der Waals surface area contributed by atoms with Gasteiger partial charge in [0.05, 0.1) is 6.10 Å². The number of ether oxygens (including phenoxy) is 1. The van der Waals surface area contributed by atoms with Gasteiger partial charge >= 0.3 is 5.97 Å². The molecule has 1 aliphatic carbocycles. The Hall–Kier alpha value is -1.55. The Morgan fingerprint density at radius 3 is 2.68 bits per heavy atom. The molecule has 1 aromatic carbocycles. The van der Waals surface area contributed by atoms with E-state index in [1.807, 2.05) is 0 Å². The topological polar surface area (TPSA) is 66.8 Å². The van der Waals surface area contributed by atoms with E-state index >= 15 is 0 Å². The highest BCUT2D eigenvalue weighted by Gasteiger charge is 2.19. The second-order valence-corrected chi connectivity index (χ2v) is 5.15. The van der Waals surface area contributed by atoms with Crippen LogP contribution in [0.3, 0.4) is 0 Å². The summed E-state index contributed by atoms with van der Waals surface area (Å²) in [6.07, 6.45) is 5.09. The van der Waals surface area contributed by atoms with Crippen molar-refractivity contribution in [3.05, 3.63) is 29.8 Å². The van der Waals surface area contributed by atoms with E-state index in [1.54, 1.807) is 18.2 Å². The van der Waals surface area contributed by atoms with E-state index < -0.39 is 12.1 Å². The molecule has 0 heterocycles. The van der Waals surface area contributed by atoms with Gasteiger partial charge < -0.3 is 14.9 Å². The number of carboxylic acids is 1. The molecule has 104 valence electrons. The molecule has 4 heteroatoms. The molecule has 0 amide bonds. The zero-order valence-corrected chi connectivity index (χ0v) is 10.9. The fourth-order valence-electron chi connectivity index (χ4n) is 2.65. The molecule has 4 nitrogen and oxygen atoms in total. The third-order valence-electron chi connectivity index (χ3n) is 3.63. The molecule has 0 bridgehead atoms. The molecule has 0 radical (unpaired) electrons. The van der Waals surface area contributed by atoms with Crippen molar-refractivity contribution in [1.82, 2.24) is 0 Å². The molecule has 0 saturated heterocycles. The lowest BCUT2D eigenvalue weighted by atomic mass is 10.0. The minimum absolute atomic E-state index is 0.135. The van der Waals surface area contributed by atoms with Crippen LogP contribution in [0.5, 0.6) is 5.75 Å². The molecule has 0 spiro atoms. The molecule has 2 N–H and O–H groups in total. The number of hydrogen-bond donors (Lipinski definition) is 2. The van der Waals surface area contributed by atoms with E-state index in [1.165, 1.54) is 31.7 Å². The fraction of sp³-hybridized carbons (Fsp3) is 0.533. The molecule has 0 aliphatic heterocycles. The number of aromatic carboxylic acids is 1. The van der Waals surface area contributed by atoms with Crippen LogP contribution in [0.15, 0.2) is 24.3 Å². The summed E-state index contributed by atoms with van der Waals surface area (Å²) in [5, 5.41) is 18.9. The minimum Gasteiger partial charge on any atom is -0.490 e. The Morgan fingerprint density at radius 2 is 2.00 bits per heavy atom. The molecular weight excluding hydrogens is 244 g/mol. The Kier molecular flexibility index (Phi) is 4.80. The molecular formula is C15H20O4. The zero-order valence-electron chi connectivity index (χ0n) is 10.9. The second-order valence-electron chi connectivity index (χ2n) is 5.15. The first-order valence-electron chi connectivity index (χ1n) is 6.80. The maximum atomic E-state index is 11.0. The van der Waals surface area contributed by atoms with E-state index in [2.05, 4.69) is 0 Å². The summed E-state index contributed by atoms with van der Waals surface area (Å²) in [6, 6.07) is 6.50. The van der Waals surface area contributed by atoms with E-state index in [0.717, 1.165) is 6.42 Å². The van der Waals surface area contributed by atoms with Crippen LogP contribution in [0, 0.1) is 5.92 Å². The number of benzene rings is 1. The predicted octanol–water partition coefficient (Wildman–Crippen LogP) is 2.70. The molecule has 1 atom stereocenters. The minimum atomic E-state index is -1.01. The molecule has 1 aliphatic rings. The Morgan fingerprint density at radius 1 is 1.32 bits per heavy atom. The number of aliphatic hydroxyl groups excluding tert-OH is 1. The van der Waals surface area contributed by atoms with Crippen LogP contribution in [0.1, 0.15) is 42.5 Å². The summed E-state index contributed by atoms with van der Waals surface area (Å²) in [5.41, 5.74) is 0.135. The summed E-state index contributed by atoms with van der Waals surface area (Å²) in [7, 11) is 0. The fourth-order valence-corrected chi connectivity index (χ4v) is 2.65. The van der Waals surface area contributed by atoms with E-state index in [4.69, 9.17) is 9.84 Å². The van der Waals surface area contributed by atoms with Crippen LogP contribution in [-0.4, -0.2) is 28.9 Å². The van der Waals surface area contributed by atoms with Gasteiger partial charge in [-0.1, -0.05) is 37.8 Å². The Labute approximate surface area is 113 Å². The maximum absolute atomic E-state index is 11.0. The van der Waals surface area contributed by atoms with Crippen molar-refractivity contribution in [3.8, 4) is 5.75 Å². The predicted molar refractivity (Wildman–Crippen MR) is 71.5 cm³/mol. The lowest BCUT2D eigenvalue weighted by molar-refractivity contribution is 0.0672. The smallest absolute Gasteiger partial charge is 0.339 e. The number of rotatable bonds is 6. The van der Waals surface area contributed by atoms with Gasteiger partial charge in [0.15, 0.2) is 0 Å². The molecule has 1 unspecified atom stereocenters. The normalized spacial score (nSPS) is 17.3. The lowest BCUT2D eigenvalue weighted by Gasteiger charge is -2.16. The third-order valence-corrected chi connectivity index (χ3v) is 3.63. The molecule has 1 saturated carbocycles. The van der Waals surface area contributed by atoms with Crippen LogP contribution >= 0.6 is 0 Å². The van der Waals surface area contributed by atoms with Crippen molar-refractivity contribution in [2.45, 2.75) is 38.2 Å². The number of aliphatic hydroxyl groups is 1. The third kappa shape index (κ3) is 3.96. The van der Waals surface area contributed by atoms with Gasteiger partial charge in [-0.25, -0.2) is 4.79 Å². The number of carbonyl (C=O) groups is 1. The summed E-state index contributed by atoms with van der Waals surface area (Å²) in [5.74, 6) is -0.102. The number of para-hydroxylation sites is 1. The first-order valence-corrected chi connectivity index (χ1v) is 6.80. The molecule has 2 rings (SSSR count). The average molecular weight is 264 g/mol. The Bertz CT molecular complexity index is 424. The molecule has 1 fully saturated rings. The molecule has 0 aromatic heterocycles. The van der Waals surface area contributed by atoms with Crippen LogP contribution in [0.4, 0.5) is 0 Å². The SMILES string of the molecule is O=C(O)c1ccccc1OCC(O)CC1CCCC1. The largest absolute Gasteiger partial charge is 0.490 e. The molecule has 19 heavy (non-hydrogen) atoms. The summed E-state index contributed by atoms with van der Waals surface area (Å²) >= 11 is 0. The van der Waals surface area contributed by atoms with E-state index in [9.17, 15) is 9.90 Å². The Balaban J connectivity index is 1.85. The first-order chi connectivity index (χ1) is 9.16. The number of hydrogen-bond acceptors (Lipinski definition) is 3. The van der Waals surface area contributed by atoms with Gasteiger partial charge in [-0.05, 0) is 24.5 Å². The first kappa shape index (κ1) is 13.9. The standard InChI is InChI=1S/C15H20O4/c16-12(9-11-5-1-2-6-11)10-19-14-8-4-3-7-13(14)15(17)18/h3-4,7-8,11-12,16H,1-2,5-6,9-10H2,(H,17,18). The summed E-state index contributed by atoms with van der Waals surface area (Å²) in [4.78, 5) is 11.0. The van der Waals surface area contributed by atoms with Gasteiger partial charge in [0, 0.05) is 0 Å². The quantitative estimate of drug-likeness (QED) is 0.829. The van der Waals surface area contributed by atoms with Crippen molar-refractivity contribution < 1.29 is 19.7 Å². The van der Waals surface area contributed by atoms with Gasteiger partial charge in [0.25, 0.3) is 0 Å². The van der Waals surface area contributed by atoms with Gasteiger partial charge in [0.1, 0.15) is 17.9 Å². The van der Waals surface area contributed by atoms with Gasteiger partial charge in [0.2, 0.25) is 0 Å². The van der Waals surface area contributed by atoms with Gasteiger partial charge in [-0.3, -0.25) is 0 Å². The monoisotopic (exact) mass is 264 g/mol. The van der Waals surface area contributed by atoms with Crippen molar-refractivity contribution >= 4 is 5.97 Å². The lowest BCUT2D eigenvalue weighted by Crippen LogP contribution is -2.21. The van der Waals surface area contributed by atoms with Crippen LogP contribution in [-0.2, 0) is 0 Å². The van der Waals surface area contributed by atoms with E-state index in [0.29, 0.717) is 11.7 Å².